The van der Waals surface area contributed by atoms with Gasteiger partial charge in [0.25, 0.3) is 0 Å². The third-order valence-corrected chi connectivity index (χ3v) is 10.3. The van der Waals surface area contributed by atoms with E-state index in [1.807, 2.05) is 0 Å². The van der Waals surface area contributed by atoms with Gasteiger partial charge in [0, 0.05) is 4.47 Å². The predicted molar refractivity (Wildman–Crippen MR) is 190 cm³/mol. The second-order valence-electron chi connectivity index (χ2n) is 11.7. The Morgan fingerprint density at radius 1 is 0.279 bits per heavy atom. The van der Waals surface area contributed by atoms with Crippen LogP contribution in [-0.2, 0) is 0 Å². The van der Waals surface area contributed by atoms with E-state index in [4.69, 9.17) is 0 Å². The van der Waals surface area contributed by atoms with E-state index in [2.05, 4.69) is 155 Å². The molecule has 0 atom stereocenters. The zero-order valence-corrected chi connectivity index (χ0v) is 24.7. The fourth-order valence-electron chi connectivity index (χ4n) is 7.98. The highest BCUT2D eigenvalue weighted by Crippen LogP contribution is 2.54. The summed E-state index contributed by atoms with van der Waals surface area (Å²) in [6.07, 6.45) is 0. The van der Waals surface area contributed by atoms with Crippen LogP contribution in [0.1, 0.15) is 0 Å². The molecule has 0 saturated heterocycles. The smallest absolute Gasteiger partial charge is 0.0254 e. The lowest BCUT2D eigenvalue weighted by Gasteiger charge is -2.19. The molecule has 0 N–H and O–H groups in total. The molecular weight excluding hydrogens is 584 g/mol. The summed E-state index contributed by atoms with van der Waals surface area (Å²) >= 11 is 3.88. The minimum Gasteiger partial charge on any atom is -0.0622 e. The first-order chi connectivity index (χ1) is 21.3. The largest absolute Gasteiger partial charge is 0.0622 e. The topological polar surface area (TPSA) is 0 Å². The first-order valence-corrected chi connectivity index (χ1v) is 15.6. The van der Waals surface area contributed by atoms with Gasteiger partial charge in [-0.05, 0) is 110 Å². The van der Waals surface area contributed by atoms with Gasteiger partial charge in [-0.3, -0.25) is 0 Å². The maximum absolute atomic E-state index is 3.88. The van der Waals surface area contributed by atoms with Crippen LogP contribution < -0.4 is 0 Å². The molecule has 198 valence electrons. The molecule has 0 radical (unpaired) electrons. The van der Waals surface area contributed by atoms with Crippen molar-refractivity contribution >= 4 is 91.3 Å². The van der Waals surface area contributed by atoms with E-state index in [9.17, 15) is 0 Å². The standard InChI is InChI=1S/C42H23Br/c43-35-22-21-32-39-29(35)18-10-20-31(39)41-36(24-11-3-1-4-12-24)34-23-33-27-16-8-7-15-26(27)28-17-9-19-30(38(28)33)40(34)37(42(32)41)25-13-5-2-6-14-25/h1-23H. The summed E-state index contributed by atoms with van der Waals surface area (Å²) in [6.45, 7) is 0. The van der Waals surface area contributed by atoms with Crippen LogP contribution >= 0.6 is 15.9 Å². The number of halogens is 1. The van der Waals surface area contributed by atoms with Crippen molar-refractivity contribution in [2.24, 2.45) is 0 Å². The van der Waals surface area contributed by atoms with Gasteiger partial charge >= 0.3 is 0 Å². The summed E-state index contributed by atoms with van der Waals surface area (Å²) in [7, 11) is 0. The Morgan fingerprint density at radius 3 is 1.49 bits per heavy atom. The van der Waals surface area contributed by atoms with E-state index in [1.165, 1.54) is 97.7 Å². The average Bonchev–Trinajstić information content (AvgIpc) is 3.57. The molecule has 0 aliphatic rings. The fourth-order valence-corrected chi connectivity index (χ4v) is 8.44. The van der Waals surface area contributed by atoms with Crippen molar-refractivity contribution in [3.05, 3.63) is 144 Å². The van der Waals surface area contributed by atoms with Crippen molar-refractivity contribution in [3.63, 3.8) is 0 Å². The lowest BCUT2D eigenvalue weighted by Crippen LogP contribution is -1.91. The molecule has 0 unspecified atom stereocenters. The number of fused-ring (bicyclic) bond motifs is 8. The van der Waals surface area contributed by atoms with Crippen LogP contribution in [0.15, 0.2) is 144 Å². The van der Waals surface area contributed by atoms with Crippen molar-refractivity contribution in [1.29, 1.82) is 0 Å². The van der Waals surface area contributed by atoms with E-state index >= 15 is 0 Å². The molecule has 0 fully saturated rings. The second kappa shape index (κ2) is 8.53. The highest BCUT2D eigenvalue weighted by atomic mass is 79.9. The van der Waals surface area contributed by atoms with Gasteiger partial charge in [-0.1, -0.05) is 143 Å². The summed E-state index contributed by atoms with van der Waals surface area (Å²) < 4.78 is 1.14. The van der Waals surface area contributed by atoms with Gasteiger partial charge in [0.05, 0.1) is 0 Å². The Bertz CT molecular complexity index is 2700. The zero-order valence-electron chi connectivity index (χ0n) is 23.2. The van der Waals surface area contributed by atoms with E-state index in [-0.39, 0.29) is 0 Å². The van der Waals surface area contributed by atoms with Gasteiger partial charge in [-0.15, -0.1) is 0 Å². The van der Waals surface area contributed by atoms with Gasteiger partial charge in [-0.2, -0.15) is 0 Å². The molecule has 1 heteroatoms. The summed E-state index contributed by atoms with van der Waals surface area (Å²) in [5, 5.41) is 18.5. The Labute approximate surface area is 256 Å². The Morgan fingerprint density at radius 2 is 0.767 bits per heavy atom. The van der Waals surface area contributed by atoms with Crippen LogP contribution in [0.25, 0.3) is 97.7 Å². The highest BCUT2D eigenvalue weighted by molar-refractivity contribution is 9.10. The Hall–Kier alpha value is -4.98. The van der Waals surface area contributed by atoms with Crippen LogP contribution in [0.2, 0.25) is 0 Å². The highest BCUT2D eigenvalue weighted by Gasteiger charge is 2.26. The molecule has 10 aromatic carbocycles. The minimum absolute atomic E-state index is 1.14. The molecule has 0 bridgehead atoms. The Balaban J connectivity index is 1.62. The van der Waals surface area contributed by atoms with Gasteiger partial charge in [0.15, 0.2) is 0 Å². The van der Waals surface area contributed by atoms with E-state index in [0.717, 1.165) is 4.47 Å². The quantitative estimate of drug-likeness (QED) is 0.172. The number of benzene rings is 8. The third kappa shape index (κ3) is 3.00. The molecule has 0 spiro atoms. The van der Waals surface area contributed by atoms with E-state index in [1.54, 1.807) is 0 Å². The van der Waals surface area contributed by atoms with Crippen LogP contribution in [0.5, 0.6) is 0 Å². The zero-order chi connectivity index (χ0) is 28.2. The Kier molecular flexibility index (Phi) is 4.68. The average molecular weight is 608 g/mol. The molecular formula is C42H23Br. The summed E-state index contributed by atoms with van der Waals surface area (Å²) in [6, 6.07) is 51.7. The number of hydrogen-bond acceptors (Lipinski definition) is 0. The molecule has 10 rings (SSSR count). The van der Waals surface area contributed by atoms with Gasteiger partial charge in [0.2, 0.25) is 0 Å². The molecule has 0 saturated carbocycles. The van der Waals surface area contributed by atoms with Crippen LogP contribution in [0, 0.1) is 0 Å². The summed E-state index contributed by atoms with van der Waals surface area (Å²) in [5.41, 5.74) is 5.15. The summed E-state index contributed by atoms with van der Waals surface area (Å²) in [4.78, 5) is 0. The molecule has 0 aromatic heterocycles. The SMILES string of the molecule is Brc1ccc2c3c(-c4ccccc4)c4c(cc5c6ccccc6c6cccc4c65)c(-c4ccccc4)c3c3cccc1c32. The van der Waals surface area contributed by atoms with Gasteiger partial charge in [0.1, 0.15) is 0 Å². The van der Waals surface area contributed by atoms with Crippen molar-refractivity contribution in [2.45, 2.75) is 0 Å². The van der Waals surface area contributed by atoms with Crippen molar-refractivity contribution < 1.29 is 0 Å². The van der Waals surface area contributed by atoms with Crippen molar-refractivity contribution in [3.8, 4) is 22.3 Å². The van der Waals surface area contributed by atoms with Gasteiger partial charge in [-0.25, -0.2) is 0 Å². The van der Waals surface area contributed by atoms with Gasteiger partial charge < -0.3 is 0 Å². The van der Waals surface area contributed by atoms with Crippen molar-refractivity contribution in [2.75, 3.05) is 0 Å². The molecule has 43 heavy (non-hydrogen) atoms. The number of hydrogen-bond donors (Lipinski definition) is 0. The molecule has 0 heterocycles. The molecule has 0 amide bonds. The third-order valence-electron chi connectivity index (χ3n) is 9.59. The lowest BCUT2D eigenvalue weighted by molar-refractivity contribution is 1.68. The predicted octanol–water partition coefficient (Wildman–Crippen LogP) is 12.7. The first kappa shape index (κ1) is 23.6. The van der Waals surface area contributed by atoms with Crippen LogP contribution in [-0.4, -0.2) is 0 Å². The summed E-state index contributed by atoms with van der Waals surface area (Å²) in [5.74, 6) is 0. The van der Waals surface area contributed by atoms with Crippen LogP contribution in [0.3, 0.4) is 0 Å². The van der Waals surface area contributed by atoms with E-state index < -0.39 is 0 Å². The fraction of sp³-hybridized carbons (Fsp3) is 0. The monoisotopic (exact) mass is 606 g/mol. The maximum Gasteiger partial charge on any atom is 0.0254 e. The second-order valence-corrected chi connectivity index (χ2v) is 12.5. The molecule has 0 nitrogen and oxygen atoms in total. The van der Waals surface area contributed by atoms with E-state index in [0.29, 0.717) is 0 Å². The molecule has 0 aliphatic heterocycles. The number of rotatable bonds is 2. The van der Waals surface area contributed by atoms with Crippen molar-refractivity contribution in [1.82, 2.24) is 0 Å². The maximum atomic E-state index is 3.88. The lowest BCUT2D eigenvalue weighted by atomic mass is 9.84. The van der Waals surface area contributed by atoms with Crippen LogP contribution in [0.4, 0.5) is 0 Å². The molecule has 10 aromatic rings. The molecule has 0 aliphatic carbocycles. The first-order valence-electron chi connectivity index (χ1n) is 14.8. The minimum atomic E-state index is 1.14. The normalized spacial score (nSPS) is 12.3.